The summed E-state index contributed by atoms with van der Waals surface area (Å²) in [5, 5.41) is 10.9. The van der Waals surface area contributed by atoms with Crippen molar-refractivity contribution in [2.24, 2.45) is 5.92 Å². The van der Waals surface area contributed by atoms with Crippen molar-refractivity contribution < 1.29 is 38.5 Å². The Morgan fingerprint density at radius 1 is 1.15 bits per heavy atom. The van der Waals surface area contributed by atoms with Crippen LogP contribution in [0.15, 0.2) is 0 Å². The molecule has 9 nitrogen and oxygen atoms in total. The largest absolute Gasteiger partial charge is 0.467 e. The summed E-state index contributed by atoms with van der Waals surface area (Å²) >= 11 is 0. The van der Waals surface area contributed by atoms with Crippen molar-refractivity contribution in [3.63, 3.8) is 0 Å². The van der Waals surface area contributed by atoms with E-state index in [0.717, 1.165) is 12.0 Å². The summed E-state index contributed by atoms with van der Waals surface area (Å²) < 4.78 is 14.8. The Morgan fingerprint density at radius 3 is 1.96 bits per heavy atom. The first-order chi connectivity index (χ1) is 12.0. The van der Waals surface area contributed by atoms with Crippen LogP contribution in [0.1, 0.15) is 41.0 Å². The average molecular weight is 373 g/mol. The van der Waals surface area contributed by atoms with Gasteiger partial charge < -0.3 is 24.2 Å². The van der Waals surface area contributed by atoms with Crippen LogP contribution in [-0.4, -0.2) is 71.3 Å². The first kappa shape index (κ1) is 21.9. The number of hydrogen-bond donors (Lipinski definition) is 1. The van der Waals surface area contributed by atoms with Crippen LogP contribution < -0.4 is 0 Å². The fraction of sp³-hybridized carbons (Fsp3) is 0.765. The fourth-order valence-corrected chi connectivity index (χ4v) is 3.31. The normalized spacial score (nSPS) is 22.9. The van der Waals surface area contributed by atoms with Crippen LogP contribution in [0, 0.1) is 5.92 Å². The maximum atomic E-state index is 12.9. The average Bonchev–Trinajstić information content (AvgIpc) is 2.74. The van der Waals surface area contributed by atoms with Gasteiger partial charge >= 0.3 is 17.9 Å². The molecule has 0 aromatic rings. The molecule has 148 valence electrons. The molecule has 9 heteroatoms. The van der Waals surface area contributed by atoms with Gasteiger partial charge in [0.25, 0.3) is 5.54 Å². The minimum absolute atomic E-state index is 0.0946. The highest BCUT2D eigenvalue weighted by Gasteiger charge is 2.73. The number of amides is 1. The quantitative estimate of drug-likeness (QED) is 0.377. The lowest BCUT2D eigenvalue weighted by molar-refractivity contribution is -0.193. The Balaban J connectivity index is 3.75. The lowest BCUT2D eigenvalue weighted by Crippen LogP contribution is -2.71. The van der Waals surface area contributed by atoms with Crippen LogP contribution in [0.5, 0.6) is 0 Å². The number of esters is 3. The number of ether oxygens (including phenoxy) is 3. The number of methoxy groups -OCH3 is 1. The van der Waals surface area contributed by atoms with Crippen LogP contribution in [0.25, 0.3) is 0 Å². The van der Waals surface area contributed by atoms with Gasteiger partial charge in [0.2, 0.25) is 5.91 Å². The minimum Gasteiger partial charge on any atom is -0.467 e. The molecule has 1 saturated heterocycles. The molecule has 26 heavy (non-hydrogen) atoms. The van der Waals surface area contributed by atoms with Crippen molar-refractivity contribution in [3.05, 3.63) is 0 Å². The molecule has 0 spiro atoms. The molecule has 0 aromatic heterocycles. The van der Waals surface area contributed by atoms with Gasteiger partial charge in [0, 0.05) is 0 Å². The molecule has 1 aliphatic rings. The number of hydrogen-bond acceptors (Lipinski definition) is 8. The third-order valence-electron chi connectivity index (χ3n) is 4.40. The number of carbonyl (C=O) groups excluding carboxylic acids is 4. The second-order valence-corrected chi connectivity index (χ2v) is 6.58. The molecule has 0 saturated carbocycles. The second-order valence-electron chi connectivity index (χ2n) is 6.58. The van der Waals surface area contributed by atoms with Crippen molar-refractivity contribution in [2.75, 3.05) is 20.3 Å². The molecule has 1 fully saturated rings. The number of rotatable bonds is 7. The van der Waals surface area contributed by atoms with E-state index in [1.807, 2.05) is 0 Å². The zero-order chi connectivity index (χ0) is 20.3. The SMILES string of the molecule is CCOC(=O)C1(C(=O)OCC)N([C@@H](C(=O)OC)C(C)C)C(=O)CC1(C)O. The maximum Gasteiger partial charge on any atom is 0.347 e. The van der Waals surface area contributed by atoms with Gasteiger partial charge in [-0.3, -0.25) is 4.79 Å². The highest BCUT2D eigenvalue weighted by atomic mass is 16.6. The highest BCUT2D eigenvalue weighted by Crippen LogP contribution is 2.44. The second kappa shape index (κ2) is 8.03. The van der Waals surface area contributed by atoms with Crippen molar-refractivity contribution in [1.82, 2.24) is 4.90 Å². The van der Waals surface area contributed by atoms with E-state index in [9.17, 15) is 24.3 Å². The smallest absolute Gasteiger partial charge is 0.347 e. The van der Waals surface area contributed by atoms with E-state index < -0.39 is 53.3 Å². The van der Waals surface area contributed by atoms with E-state index in [1.54, 1.807) is 13.8 Å². The Hall–Kier alpha value is -2.16. The first-order valence-electron chi connectivity index (χ1n) is 8.49. The first-order valence-corrected chi connectivity index (χ1v) is 8.49. The van der Waals surface area contributed by atoms with E-state index >= 15 is 0 Å². The summed E-state index contributed by atoms with van der Waals surface area (Å²) in [6, 6.07) is -1.28. The van der Waals surface area contributed by atoms with Gasteiger partial charge in [0.05, 0.1) is 26.7 Å². The van der Waals surface area contributed by atoms with Crippen LogP contribution in [0.4, 0.5) is 0 Å². The summed E-state index contributed by atoms with van der Waals surface area (Å²) in [6.07, 6.45) is -0.551. The standard InChI is InChI=1S/C17H27NO8/c1-7-25-14(21)17(15(22)26-8-2)16(5,23)9-11(19)18(17)12(10(3)4)13(20)24-6/h10,12,23H,7-9H2,1-6H3/t12-,16?/m1/s1. The Labute approximate surface area is 152 Å². The maximum absolute atomic E-state index is 12.9. The Bertz CT molecular complexity index is 565. The summed E-state index contributed by atoms with van der Waals surface area (Å²) in [7, 11) is 1.13. The van der Waals surface area contributed by atoms with Crippen molar-refractivity contribution >= 4 is 23.8 Å². The molecule has 1 unspecified atom stereocenters. The highest BCUT2D eigenvalue weighted by molar-refractivity contribution is 6.13. The van der Waals surface area contributed by atoms with Crippen molar-refractivity contribution in [1.29, 1.82) is 0 Å². The summed E-state index contributed by atoms with van der Waals surface area (Å²) in [6.45, 7) is 7.28. The number of carbonyl (C=O) groups is 4. The molecule has 1 N–H and O–H groups in total. The topological polar surface area (TPSA) is 119 Å². The molecule has 0 aromatic carbocycles. The molecule has 1 amide bonds. The summed E-state index contributed by atoms with van der Waals surface area (Å²) in [5.74, 6) is -4.37. The van der Waals surface area contributed by atoms with E-state index in [2.05, 4.69) is 0 Å². The zero-order valence-electron chi connectivity index (χ0n) is 16.0. The van der Waals surface area contributed by atoms with Crippen LogP contribution in [-0.2, 0) is 33.4 Å². The van der Waals surface area contributed by atoms with Crippen molar-refractivity contribution in [3.8, 4) is 0 Å². The van der Waals surface area contributed by atoms with Gasteiger partial charge in [-0.05, 0) is 26.7 Å². The molecular formula is C17H27NO8. The summed E-state index contributed by atoms with van der Waals surface area (Å²) in [5.41, 5.74) is -4.64. The minimum atomic E-state index is -2.50. The fourth-order valence-electron chi connectivity index (χ4n) is 3.31. The number of aliphatic hydroxyl groups is 1. The van der Waals surface area contributed by atoms with Gasteiger partial charge in [-0.2, -0.15) is 0 Å². The summed E-state index contributed by atoms with van der Waals surface area (Å²) in [4.78, 5) is 51.6. The van der Waals surface area contributed by atoms with Gasteiger partial charge in [0.15, 0.2) is 0 Å². The van der Waals surface area contributed by atoms with E-state index in [-0.39, 0.29) is 13.2 Å². The molecular weight excluding hydrogens is 346 g/mol. The number of nitrogens with zero attached hydrogens (tertiary/aromatic N) is 1. The number of likely N-dealkylation sites (tertiary alicyclic amines) is 1. The third-order valence-corrected chi connectivity index (χ3v) is 4.40. The van der Waals surface area contributed by atoms with Crippen LogP contribution >= 0.6 is 0 Å². The van der Waals surface area contributed by atoms with Gasteiger partial charge in [-0.25, -0.2) is 14.4 Å². The third kappa shape index (κ3) is 3.27. The van der Waals surface area contributed by atoms with Crippen molar-refractivity contribution in [2.45, 2.75) is 58.2 Å². The predicted octanol–water partition coefficient (Wildman–Crippen LogP) is 0.0323. The molecule has 1 heterocycles. The van der Waals surface area contributed by atoms with Crippen LogP contribution in [0.2, 0.25) is 0 Å². The molecule has 2 atom stereocenters. The van der Waals surface area contributed by atoms with Gasteiger partial charge in [-0.1, -0.05) is 13.8 Å². The van der Waals surface area contributed by atoms with E-state index in [4.69, 9.17) is 14.2 Å². The lowest BCUT2D eigenvalue weighted by Gasteiger charge is -2.43. The van der Waals surface area contributed by atoms with E-state index in [0.29, 0.717) is 0 Å². The lowest BCUT2D eigenvalue weighted by atomic mass is 9.80. The molecule has 1 rings (SSSR count). The van der Waals surface area contributed by atoms with Gasteiger partial charge in [-0.15, -0.1) is 0 Å². The monoisotopic (exact) mass is 373 g/mol. The molecule has 1 aliphatic heterocycles. The molecule has 0 aliphatic carbocycles. The van der Waals surface area contributed by atoms with Crippen LogP contribution in [0.3, 0.4) is 0 Å². The molecule has 0 bridgehead atoms. The predicted molar refractivity (Wildman–Crippen MR) is 88.7 cm³/mol. The molecule has 0 radical (unpaired) electrons. The zero-order valence-corrected chi connectivity index (χ0v) is 16.0. The Kier molecular flexibility index (Phi) is 6.76. The van der Waals surface area contributed by atoms with Gasteiger partial charge in [0.1, 0.15) is 11.6 Å². The Morgan fingerprint density at radius 2 is 1.62 bits per heavy atom. The van der Waals surface area contributed by atoms with E-state index in [1.165, 1.54) is 20.8 Å².